The molecule has 5 heterocycles. The quantitative estimate of drug-likeness (QED) is 0.226. The number of piperazine rings is 1. The molecule has 0 saturated carbocycles. The van der Waals surface area contributed by atoms with Gasteiger partial charge in [-0.3, -0.25) is 43.9 Å². The molecule has 1 unspecified atom stereocenters. The Kier molecular flexibility index (Phi) is 7.85. The highest BCUT2D eigenvalue weighted by molar-refractivity contribution is 6.37. The number of carbonyl (C=O) groups is 6. The number of allylic oxidation sites excluding steroid dienone is 1. The third-order valence-electron chi connectivity index (χ3n) is 10.5. The number of halogens is 1. The van der Waals surface area contributed by atoms with Gasteiger partial charge in [0, 0.05) is 73.5 Å². The first-order valence-corrected chi connectivity index (χ1v) is 17.2. The van der Waals surface area contributed by atoms with Crippen LogP contribution in [0.3, 0.4) is 0 Å². The molecule has 262 valence electrons. The number of aryl methyl sites for hydroxylation is 1. The Morgan fingerprint density at radius 1 is 0.922 bits per heavy atom. The van der Waals surface area contributed by atoms with E-state index in [9.17, 15) is 33.2 Å². The summed E-state index contributed by atoms with van der Waals surface area (Å²) in [6.07, 6.45) is 1.32. The summed E-state index contributed by atoms with van der Waals surface area (Å²) in [4.78, 5) is 85.6. The van der Waals surface area contributed by atoms with Crippen molar-refractivity contribution in [2.45, 2.75) is 51.6 Å². The zero-order valence-corrected chi connectivity index (χ0v) is 28.2. The van der Waals surface area contributed by atoms with Crippen LogP contribution in [-0.2, 0) is 20.8 Å². The van der Waals surface area contributed by atoms with E-state index >= 15 is 0 Å². The maximum Gasteiger partial charge on any atom is 0.262 e. The highest BCUT2D eigenvalue weighted by Crippen LogP contribution is 2.44. The third-order valence-corrected chi connectivity index (χ3v) is 10.5. The number of aromatic amines is 1. The van der Waals surface area contributed by atoms with Crippen molar-refractivity contribution in [1.82, 2.24) is 25.4 Å². The van der Waals surface area contributed by atoms with Gasteiger partial charge in [-0.2, -0.15) is 0 Å². The van der Waals surface area contributed by atoms with Crippen LogP contribution in [0.2, 0.25) is 0 Å². The fourth-order valence-corrected chi connectivity index (χ4v) is 8.13. The Balaban J connectivity index is 0.893. The molecule has 8 rings (SSSR count). The standard InChI is InChI=1S/C37H36FN7O6/c1-18(39-34(48)30-19(2)40-32-23(30)6-7-24(32)31-26-15-20(38)3-8-27(26)41-35(31)49)17-43-11-13-44(14-12-43)21-4-5-22-25(16-21)37(51)45(36(22)50)28-9-10-29(46)42-33(28)47/h3-5,8,15-16,18,28,40H,6-7,9-14,17H2,1-2H3,(H,39,48)(H,41,49)(H,42,46,47)/b31-24-/t18-,28?/m0/s1. The molecule has 14 heteroatoms. The minimum absolute atomic E-state index is 0.0652. The summed E-state index contributed by atoms with van der Waals surface area (Å²) < 4.78 is 14.1. The van der Waals surface area contributed by atoms with Gasteiger partial charge >= 0.3 is 0 Å². The summed E-state index contributed by atoms with van der Waals surface area (Å²) >= 11 is 0. The van der Waals surface area contributed by atoms with Gasteiger partial charge in [0.2, 0.25) is 11.8 Å². The van der Waals surface area contributed by atoms with Crippen molar-refractivity contribution in [3.63, 3.8) is 0 Å². The van der Waals surface area contributed by atoms with Crippen LogP contribution in [-0.4, -0.2) is 95.0 Å². The van der Waals surface area contributed by atoms with Crippen molar-refractivity contribution in [2.24, 2.45) is 0 Å². The van der Waals surface area contributed by atoms with E-state index in [1.54, 1.807) is 18.2 Å². The number of hydrogen-bond donors (Lipinski definition) is 4. The van der Waals surface area contributed by atoms with Gasteiger partial charge in [-0.05, 0) is 80.6 Å². The topological polar surface area (TPSA) is 164 Å². The fourth-order valence-electron chi connectivity index (χ4n) is 8.13. The highest BCUT2D eigenvalue weighted by Gasteiger charge is 2.45. The number of anilines is 2. The lowest BCUT2D eigenvalue weighted by molar-refractivity contribution is -0.136. The number of nitrogens with zero attached hydrogens (tertiary/aromatic N) is 3. The molecule has 1 aromatic heterocycles. The fraction of sp³-hybridized carbons (Fsp3) is 0.351. The van der Waals surface area contributed by atoms with E-state index in [0.717, 1.165) is 27.4 Å². The van der Waals surface area contributed by atoms with Gasteiger partial charge in [-0.15, -0.1) is 0 Å². The first kappa shape index (κ1) is 32.6. The van der Waals surface area contributed by atoms with Crippen molar-refractivity contribution < 1.29 is 33.2 Å². The maximum atomic E-state index is 14.1. The molecule has 2 fully saturated rings. The number of carbonyl (C=O) groups excluding carboxylic acids is 6. The van der Waals surface area contributed by atoms with E-state index in [0.29, 0.717) is 73.6 Å². The van der Waals surface area contributed by atoms with Crippen molar-refractivity contribution >= 4 is 58.0 Å². The number of H-pyrrole nitrogens is 1. The minimum atomic E-state index is -1.01. The van der Waals surface area contributed by atoms with Crippen LogP contribution in [0.15, 0.2) is 36.4 Å². The molecule has 13 nitrogen and oxygen atoms in total. The van der Waals surface area contributed by atoms with Gasteiger partial charge in [-0.1, -0.05) is 0 Å². The largest absolute Gasteiger partial charge is 0.369 e. The molecular formula is C37H36FN7O6. The minimum Gasteiger partial charge on any atom is -0.369 e. The van der Waals surface area contributed by atoms with E-state index in [4.69, 9.17) is 0 Å². The Hall–Kier alpha value is -5.63. The third kappa shape index (κ3) is 5.50. The van der Waals surface area contributed by atoms with Gasteiger partial charge in [0.05, 0.1) is 22.3 Å². The number of imide groups is 2. The van der Waals surface area contributed by atoms with Crippen LogP contribution >= 0.6 is 0 Å². The second-order valence-electron chi connectivity index (χ2n) is 13.8. The Morgan fingerprint density at radius 2 is 1.69 bits per heavy atom. The van der Waals surface area contributed by atoms with Gasteiger partial charge in [0.1, 0.15) is 11.9 Å². The summed E-state index contributed by atoms with van der Waals surface area (Å²) in [7, 11) is 0. The summed E-state index contributed by atoms with van der Waals surface area (Å²) in [5.74, 6) is -3.00. The van der Waals surface area contributed by atoms with E-state index in [1.807, 2.05) is 19.9 Å². The van der Waals surface area contributed by atoms with Gasteiger partial charge in [0.25, 0.3) is 23.6 Å². The van der Waals surface area contributed by atoms with Crippen LogP contribution in [0.4, 0.5) is 15.8 Å². The first-order chi connectivity index (χ1) is 24.5. The van der Waals surface area contributed by atoms with E-state index in [2.05, 4.69) is 30.7 Å². The Morgan fingerprint density at radius 3 is 2.45 bits per heavy atom. The van der Waals surface area contributed by atoms with Gasteiger partial charge in [0.15, 0.2) is 0 Å². The van der Waals surface area contributed by atoms with Crippen molar-refractivity contribution in [1.29, 1.82) is 0 Å². The molecule has 4 aliphatic heterocycles. The number of hydrogen-bond acceptors (Lipinski definition) is 8. The summed E-state index contributed by atoms with van der Waals surface area (Å²) in [5, 5.41) is 8.19. The van der Waals surface area contributed by atoms with E-state index in [1.165, 1.54) is 12.1 Å². The second-order valence-corrected chi connectivity index (χ2v) is 13.8. The average Bonchev–Trinajstić information content (AvgIpc) is 3.80. The van der Waals surface area contributed by atoms with Crippen LogP contribution in [0.1, 0.15) is 79.8 Å². The first-order valence-electron chi connectivity index (χ1n) is 17.2. The van der Waals surface area contributed by atoms with Crippen LogP contribution in [0.5, 0.6) is 0 Å². The predicted octanol–water partition coefficient (Wildman–Crippen LogP) is 2.61. The molecule has 4 N–H and O–H groups in total. The molecule has 0 radical (unpaired) electrons. The van der Waals surface area contributed by atoms with E-state index in [-0.39, 0.29) is 41.8 Å². The van der Waals surface area contributed by atoms with Crippen LogP contribution in [0, 0.1) is 12.7 Å². The SMILES string of the molecule is Cc1[nH]c2c(c1C(=O)N[C@@H](C)CN1CCN(c3ccc4c(c3)C(=O)N(C3CCC(=O)NC3=O)C4=O)CC1)CC/C2=C1/C(=O)Nc2ccc(F)cc21. The molecule has 0 spiro atoms. The zero-order chi connectivity index (χ0) is 35.7. The monoisotopic (exact) mass is 693 g/mol. The second kappa shape index (κ2) is 12.3. The van der Waals surface area contributed by atoms with Gasteiger partial charge in [-0.25, -0.2) is 4.39 Å². The molecule has 51 heavy (non-hydrogen) atoms. The molecule has 6 amide bonds. The zero-order valence-electron chi connectivity index (χ0n) is 28.2. The highest BCUT2D eigenvalue weighted by atomic mass is 19.1. The summed E-state index contributed by atoms with van der Waals surface area (Å²) in [6.45, 7) is 7.20. The predicted molar refractivity (Wildman–Crippen MR) is 184 cm³/mol. The average molecular weight is 694 g/mol. The van der Waals surface area contributed by atoms with Gasteiger partial charge < -0.3 is 20.5 Å². The molecule has 5 aliphatic rings. The number of aromatic nitrogens is 1. The van der Waals surface area contributed by atoms with Crippen molar-refractivity contribution in [3.8, 4) is 0 Å². The number of rotatable bonds is 6. The molecule has 0 bridgehead atoms. The number of piperidine rings is 1. The molecular weight excluding hydrogens is 657 g/mol. The lowest BCUT2D eigenvalue weighted by atomic mass is 9.99. The lowest BCUT2D eigenvalue weighted by Gasteiger charge is -2.37. The number of nitrogens with one attached hydrogen (secondary N) is 4. The van der Waals surface area contributed by atoms with Crippen molar-refractivity contribution in [2.75, 3.05) is 42.9 Å². The summed E-state index contributed by atoms with van der Waals surface area (Å²) in [6, 6.07) is 8.22. The smallest absolute Gasteiger partial charge is 0.262 e. The molecule has 3 aromatic rings. The normalized spacial score (nSPS) is 22.2. The summed E-state index contributed by atoms with van der Waals surface area (Å²) in [5.41, 5.74) is 6.54. The maximum absolute atomic E-state index is 14.1. The molecule has 2 aromatic carbocycles. The molecule has 2 saturated heterocycles. The van der Waals surface area contributed by atoms with Crippen molar-refractivity contribution in [3.05, 3.63) is 81.4 Å². The van der Waals surface area contributed by atoms with Crippen LogP contribution < -0.4 is 20.9 Å². The Labute approximate surface area is 292 Å². The number of amides is 6. The lowest BCUT2D eigenvalue weighted by Crippen LogP contribution is -2.54. The molecule has 1 aliphatic carbocycles. The number of benzene rings is 2. The number of fused-ring (bicyclic) bond motifs is 3. The van der Waals surface area contributed by atoms with Crippen LogP contribution in [0.25, 0.3) is 11.1 Å². The molecule has 2 atom stereocenters. The Bertz CT molecular complexity index is 2110. The van der Waals surface area contributed by atoms with E-state index < -0.39 is 35.5 Å².